The predicted octanol–water partition coefficient (Wildman–Crippen LogP) is 0.0600. The average Bonchev–Trinajstić information content (AvgIpc) is 3.34. The van der Waals surface area contributed by atoms with Crippen molar-refractivity contribution in [1.29, 1.82) is 0 Å². The van der Waals surface area contributed by atoms with Gasteiger partial charge in [-0.1, -0.05) is 0 Å². The Morgan fingerprint density at radius 3 is 2.65 bits per heavy atom. The molecule has 26 heavy (non-hydrogen) atoms. The maximum atomic E-state index is 12.7. The number of fused-ring (bicyclic) bond motifs is 1. The second kappa shape index (κ2) is 6.70. The molecule has 3 saturated heterocycles. The molecule has 0 radical (unpaired) electrons. The van der Waals surface area contributed by atoms with Crippen LogP contribution in [0, 0.1) is 11.8 Å². The highest BCUT2D eigenvalue weighted by Gasteiger charge is 2.53. The summed E-state index contributed by atoms with van der Waals surface area (Å²) in [6, 6.07) is 1.05. The molecular weight excluding hydrogens is 360 g/mol. The second-order valence-electron chi connectivity index (χ2n) is 7.25. The Kier molecular flexibility index (Phi) is 4.52. The third kappa shape index (κ3) is 3.14. The third-order valence-electron chi connectivity index (χ3n) is 5.68. The van der Waals surface area contributed by atoms with Gasteiger partial charge in [0.2, 0.25) is 5.91 Å². The first kappa shape index (κ1) is 17.5. The number of nitrogens with zero attached hydrogens (tertiary/aromatic N) is 1. The number of rotatable bonds is 3. The van der Waals surface area contributed by atoms with Crippen molar-refractivity contribution >= 4 is 21.7 Å². The Bertz CT molecular complexity index is 784. The number of carbonyl (C=O) groups is 2. The quantitative estimate of drug-likeness (QED) is 0.792. The third-order valence-corrected chi connectivity index (χ3v) is 7.93. The van der Waals surface area contributed by atoms with Gasteiger partial charge in [0.15, 0.2) is 9.84 Å². The molecule has 8 nitrogen and oxygen atoms in total. The fraction of sp³-hybridized carbons (Fsp3) is 0.647. The first-order valence-corrected chi connectivity index (χ1v) is 10.6. The van der Waals surface area contributed by atoms with Gasteiger partial charge in [-0.2, -0.15) is 0 Å². The monoisotopic (exact) mass is 382 g/mol. The molecule has 3 aliphatic rings. The highest BCUT2D eigenvalue weighted by atomic mass is 32.2. The lowest BCUT2D eigenvalue weighted by atomic mass is 9.98. The zero-order chi connectivity index (χ0) is 18.3. The number of furan rings is 1. The van der Waals surface area contributed by atoms with E-state index in [1.165, 1.54) is 18.6 Å². The van der Waals surface area contributed by atoms with Gasteiger partial charge >= 0.3 is 0 Å². The molecule has 3 atom stereocenters. The number of hydrogen-bond acceptors (Lipinski definition) is 6. The number of ether oxygens (including phenoxy) is 1. The van der Waals surface area contributed by atoms with E-state index in [9.17, 15) is 18.0 Å². The normalized spacial score (nSPS) is 30.9. The Morgan fingerprint density at radius 2 is 1.96 bits per heavy atom. The molecular formula is C17H22N2O6S. The van der Waals surface area contributed by atoms with E-state index in [2.05, 4.69) is 5.32 Å². The first-order chi connectivity index (χ1) is 12.5. The van der Waals surface area contributed by atoms with E-state index in [0.29, 0.717) is 38.2 Å². The van der Waals surface area contributed by atoms with Crippen LogP contribution in [0.5, 0.6) is 0 Å². The highest BCUT2D eigenvalue weighted by molar-refractivity contribution is 7.92. The van der Waals surface area contributed by atoms with Gasteiger partial charge in [-0.25, -0.2) is 8.42 Å². The van der Waals surface area contributed by atoms with E-state index < -0.39 is 21.1 Å². The summed E-state index contributed by atoms with van der Waals surface area (Å²) in [4.78, 5) is 26.7. The van der Waals surface area contributed by atoms with Crippen molar-refractivity contribution < 1.29 is 27.2 Å². The van der Waals surface area contributed by atoms with Gasteiger partial charge in [-0.3, -0.25) is 9.59 Å². The molecule has 0 unspecified atom stereocenters. The van der Waals surface area contributed by atoms with Crippen LogP contribution in [0.15, 0.2) is 23.0 Å². The number of sulfone groups is 1. The van der Waals surface area contributed by atoms with Crippen molar-refractivity contribution in [2.45, 2.75) is 24.1 Å². The Morgan fingerprint density at radius 1 is 1.19 bits per heavy atom. The molecule has 2 amide bonds. The fourth-order valence-electron chi connectivity index (χ4n) is 4.24. The average molecular weight is 382 g/mol. The van der Waals surface area contributed by atoms with E-state index in [1.54, 1.807) is 4.90 Å². The summed E-state index contributed by atoms with van der Waals surface area (Å²) in [6.45, 7) is 1.73. The van der Waals surface area contributed by atoms with Crippen LogP contribution < -0.4 is 5.32 Å². The predicted molar refractivity (Wildman–Crippen MR) is 91.2 cm³/mol. The van der Waals surface area contributed by atoms with E-state index in [-0.39, 0.29) is 35.9 Å². The molecule has 4 heterocycles. The lowest BCUT2D eigenvalue weighted by Crippen LogP contribution is -2.43. The van der Waals surface area contributed by atoms with Crippen LogP contribution in [0.1, 0.15) is 23.2 Å². The smallest absolute Gasteiger partial charge is 0.254 e. The molecule has 1 aromatic heterocycles. The highest BCUT2D eigenvalue weighted by Crippen LogP contribution is 2.35. The van der Waals surface area contributed by atoms with Gasteiger partial charge in [0.25, 0.3) is 5.91 Å². The van der Waals surface area contributed by atoms with Crippen LogP contribution >= 0.6 is 0 Å². The van der Waals surface area contributed by atoms with Gasteiger partial charge in [-0.15, -0.1) is 0 Å². The maximum absolute atomic E-state index is 12.7. The number of hydrogen-bond donors (Lipinski definition) is 1. The summed E-state index contributed by atoms with van der Waals surface area (Å²) in [7, 11) is -3.34. The SMILES string of the molecule is O=C(N[C@@H]1CS(=O)(=O)[C@H]2CN(C(=O)C3CCOCC3)C[C@@H]12)c1ccoc1. The molecule has 0 bridgehead atoms. The zero-order valence-corrected chi connectivity index (χ0v) is 15.1. The fourth-order valence-corrected chi connectivity index (χ4v) is 6.53. The summed E-state index contributed by atoms with van der Waals surface area (Å²) >= 11 is 0. The second-order valence-corrected chi connectivity index (χ2v) is 9.52. The number of nitrogens with one attached hydrogen (secondary N) is 1. The van der Waals surface area contributed by atoms with Crippen molar-refractivity contribution in [3.63, 3.8) is 0 Å². The minimum atomic E-state index is -3.34. The molecule has 3 aliphatic heterocycles. The Labute approximate surface area is 151 Å². The van der Waals surface area contributed by atoms with Crippen molar-refractivity contribution in [2.24, 2.45) is 11.8 Å². The topological polar surface area (TPSA) is 106 Å². The first-order valence-electron chi connectivity index (χ1n) is 8.87. The van der Waals surface area contributed by atoms with Crippen LogP contribution in [0.4, 0.5) is 0 Å². The largest absolute Gasteiger partial charge is 0.472 e. The molecule has 1 aromatic rings. The zero-order valence-electron chi connectivity index (χ0n) is 14.3. The lowest BCUT2D eigenvalue weighted by Gasteiger charge is -2.27. The van der Waals surface area contributed by atoms with Crippen LogP contribution in [0.25, 0.3) is 0 Å². The molecule has 1 N–H and O–H groups in total. The van der Waals surface area contributed by atoms with Crippen molar-refractivity contribution in [3.05, 3.63) is 24.2 Å². The lowest BCUT2D eigenvalue weighted by molar-refractivity contribution is -0.137. The summed E-state index contributed by atoms with van der Waals surface area (Å²) in [5, 5.41) is 2.21. The van der Waals surface area contributed by atoms with Gasteiger partial charge in [-0.05, 0) is 18.9 Å². The number of carbonyl (C=O) groups excluding carboxylic acids is 2. The summed E-state index contributed by atoms with van der Waals surface area (Å²) in [6.07, 6.45) is 4.08. The van der Waals surface area contributed by atoms with Crippen LogP contribution in [-0.2, 0) is 19.4 Å². The molecule has 0 saturated carbocycles. The molecule has 0 aromatic carbocycles. The van der Waals surface area contributed by atoms with Gasteiger partial charge < -0.3 is 19.4 Å². The Balaban J connectivity index is 1.46. The Hall–Kier alpha value is -1.87. The van der Waals surface area contributed by atoms with E-state index in [1.807, 2.05) is 0 Å². The van der Waals surface area contributed by atoms with Gasteiger partial charge in [0.05, 0.1) is 22.8 Å². The molecule has 3 fully saturated rings. The van der Waals surface area contributed by atoms with Gasteiger partial charge in [0.1, 0.15) is 6.26 Å². The number of amides is 2. The summed E-state index contributed by atoms with van der Waals surface area (Å²) in [5.74, 6) is -0.777. The molecule has 142 valence electrons. The van der Waals surface area contributed by atoms with E-state index in [4.69, 9.17) is 9.15 Å². The maximum Gasteiger partial charge on any atom is 0.254 e. The van der Waals surface area contributed by atoms with E-state index >= 15 is 0 Å². The standard InChI is InChI=1S/C17H22N2O6S/c20-16(12-3-6-25-9-12)18-14-10-26(22,23)15-8-19(7-13(14)15)17(21)11-1-4-24-5-2-11/h3,6,9,11,13-15H,1-2,4-5,7-8,10H2,(H,18,20)/t13-,14+,15-/m0/s1. The van der Waals surface area contributed by atoms with Crippen molar-refractivity contribution in [3.8, 4) is 0 Å². The van der Waals surface area contributed by atoms with Crippen molar-refractivity contribution in [1.82, 2.24) is 10.2 Å². The van der Waals surface area contributed by atoms with Crippen LogP contribution in [0.3, 0.4) is 0 Å². The van der Waals surface area contributed by atoms with Gasteiger partial charge in [0, 0.05) is 44.2 Å². The number of likely N-dealkylation sites (tertiary alicyclic amines) is 1. The van der Waals surface area contributed by atoms with E-state index in [0.717, 1.165) is 0 Å². The summed E-state index contributed by atoms with van der Waals surface area (Å²) < 4.78 is 35.3. The van der Waals surface area contributed by atoms with Crippen LogP contribution in [0.2, 0.25) is 0 Å². The molecule has 0 aliphatic carbocycles. The molecule has 4 rings (SSSR count). The summed E-state index contributed by atoms with van der Waals surface area (Å²) in [5.41, 5.74) is 0.360. The molecule has 0 spiro atoms. The van der Waals surface area contributed by atoms with Crippen LogP contribution in [-0.4, -0.2) is 68.5 Å². The van der Waals surface area contributed by atoms with Crippen molar-refractivity contribution in [2.75, 3.05) is 32.1 Å². The minimum Gasteiger partial charge on any atom is -0.472 e. The minimum absolute atomic E-state index is 0.0119. The molecule has 9 heteroatoms.